The number of nitrogens with zero attached hydrogens (tertiary/aromatic N) is 4. The molecule has 0 aliphatic heterocycles. The standard InChI is InChI=1S/C15H25N5/c1-5-7-16-9-15-10-17-13(4)19(15)11-14-8-12(3)18-20(14)6-2/h8,10,16H,5-7,9,11H2,1-4H3. The van der Waals surface area contributed by atoms with E-state index in [-0.39, 0.29) is 0 Å². The van der Waals surface area contributed by atoms with E-state index in [0.717, 1.165) is 44.1 Å². The van der Waals surface area contributed by atoms with Crippen molar-refractivity contribution in [2.75, 3.05) is 6.54 Å². The summed E-state index contributed by atoms with van der Waals surface area (Å²) in [6.07, 6.45) is 3.12. The molecule has 0 radical (unpaired) electrons. The predicted octanol–water partition coefficient (Wildman–Crippen LogP) is 2.26. The van der Waals surface area contributed by atoms with Gasteiger partial charge in [-0.15, -0.1) is 0 Å². The summed E-state index contributed by atoms with van der Waals surface area (Å²) < 4.78 is 4.34. The average Bonchev–Trinajstić information content (AvgIpc) is 2.95. The Labute approximate surface area is 121 Å². The Morgan fingerprint density at radius 3 is 2.70 bits per heavy atom. The maximum Gasteiger partial charge on any atom is 0.106 e. The molecule has 0 bridgehead atoms. The molecule has 2 heterocycles. The summed E-state index contributed by atoms with van der Waals surface area (Å²) in [5.74, 6) is 1.06. The van der Waals surface area contributed by atoms with Crippen molar-refractivity contribution in [3.05, 3.63) is 35.2 Å². The van der Waals surface area contributed by atoms with Crippen molar-refractivity contribution in [2.24, 2.45) is 0 Å². The summed E-state index contributed by atoms with van der Waals surface area (Å²) in [5.41, 5.74) is 3.55. The lowest BCUT2D eigenvalue weighted by Crippen LogP contribution is -2.18. The van der Waals surface area contributed by atoms with Gasteiger partial charge in [-0.3, -0.25) is 4.68 Å². The number of imidazole rings is 1. The maximum absolute atomic E-state index is 4.51. The minimum Gasteiger partial charge on any atom is -0.325 e. The van der Waals surface area contributed by atoms with Crippen LogP contribution in [-0.4, -0.2) is 25.9 Å². The van der Waals surface area contributed by atoms with Gasteiger partial charge in [-0.05, 0) is 39.8 Å². The van der Waals surface area contributed by atoms with E-state index in [9.17, 15) is 0 Å². The zero-order valence-corrected chi connectivity index (χ0v) is 13.0. The molecule has 0 amide bonds. The van der Waals surface area contributed by atoms with Gasteiger partial charge in [0.05, 0.1) is 23.6 Å². The molecule has 2 rings (SSSR count). The quantitative estimate of drug-likeness (QED) is 0.789. The zero-order chi connectivity index (χ0) is 14.5. The van der Waals surface area contributed by atoms with Crippen molar-refractivity contribution in [1.29, 1.82) is 0 Å². The lowest BCUT2D eigenvalue weighted by Gasteiger charge is -2.12. The second kappa shape index (κ2) is 6.70. The van der Waals surface area contributed by atoms with Gasteiger partial charge in [-0.2, -0.15) is 5.10 Å². The summed E-state index contributed by atoms with van der Waals surface area (Å²) in [7, 11) is 0. The molecule has 0 spiro atoms. The monoisotopic (exact) mass is 275 g/mol. The molecule has 5 nitrogen and oxygen atoms in total. The average molecular weight is 275 g/mol. The van der Waals surface area contributed by atoms with Crippen LogP contribution in [0.5, 0.6) is 0 Å². The number of rotatable bonds is 7. The molecule has 20 heavy (non-hydrogen) atoms. The topological polar surface area (TPSA) is 47.7 Å². The van der Waals surface area contributed by atoms with Gasteiger partial charge < -0.3 is 9.88 Å². The fraction of sp³-hybridized carbons (Fsp3) is 0.600. The molecule has 0 aliphatic rings. The molecule has 0 unspecified atom stereocenters. The largest absolute Gasteiger partial charge is 0.325 e. The summed E-state index contributed by atoms with van der Waals surface area (Å²) in [6, 6.07) is 2.16. The molecule has 0 atom stereocenters. The third-order valence-electron chi connectivity index (χ3n) is 3.48. The van der Waals surface area contributed by atoms with Gasteiger partial charge in [0.2, 0.25) is 0 Å². The first-order valence-electron chi connectivity index (χ1n) is 7.40. The second-order valence-corrected chi connectivity index (χ2v) is 5.15. The second-order valence-electron chi connectivity index (χ2n) is 5.15. The van der Waals surface area contributed by atoms with Gasteiger partial charge in [0.1, 0.15) is 5.82 Å². The number of aromatic nitrogens is 4. The van der Waals surface area contributed by atoms with Crippen molar-refractivity contribution in [3.8, 4) is 0 Å². The molecule has 5 heteroatoms. The van der Waals surface area contributed by atoms with Gasteiger partial charge >= 0.3 is 0 Å². The normalized spacial score (nSPS) is 11.2. The third-order valence-corrected chi connectivity index (χ3v) is 3.48. The number of nitrogens with one attached hydrogen (secondary N) is 1. The Morgan fingerprint density at radius 1 is 1.20 bits per heavy atom. The Hall–Kier alpha value is -1.62. The molecule has 110 valence electrons. The van der Waals surface area contributed by atoms with Crippen LogP contribution < -0.4 is 5.32 Å². The summed E-state index contributed by atoms with van der Waals surface area (Å²) in [6.45, 7) is 12.1. The van der Waals surface area contributed by atoms with Crippen molar-refractivity contribution < 1.29 is 0 Å². The van der Waals surface area contributed by atoms with Crippen LogP contribution in [-0.2, 0) is 19.6 Å². The van der Waals surface area contributed by atoms with Gasteiger partial charge in [-0.25, -0.2) is 4.98 Å². The van der Waals surface area contributed by atoms with Crippen LogP contribution in [0.3, 0.4) is 0 Å². The molecule has 0 fully saturated rings. The molecular formula is C15H25N5. The fourth-order valence-electron chi connectivity index (χ4n) is 2.43. The van der Waals surface area contributed by atoms with E-state index in [2.05, 4.69) is 51.5 Å². The Morgan fingerprint density at radius 2 is 2.00 bits per heavy atom. The first-order chi connectivity index (χ1) is 9.65. The van der Waals surface area contributed by atoms with E-state index in [0.29, 0.717) is 0 Å². The van der Waals surface area contributed by atoms with Crippen LogP contribution >= 0.6 is 0 Å². The Kier molecular flexibility index (Phi) is 4.95. The summed E-state index contributed by atoms with van der Waals surface area (Å²) in [5, 5.41) is 7.95. The highest BCUT2D eigenvalue weighted by Crippen LogP contribution is 2.11. The van der Waals surface area contributed by atoms with Crippen molar-refractivity contribution >= 4 is 0 Å². The van der Waals surface area contributed by atoms with Crippen LogP contribution in [0.25, 0.3) is 0 Å². The lowest BCUT2D eigenvalue weighted by molar-refractivity contribution is 0.572. The number of hydrogen-bond donors (Lipinski definition) is 1. The van der Waals surface area contributed by atoms with Gasteiger partial charge in [0.15, 0.2) is 0 Å². The maximum atomic E-state index is 4.51. The van der Waals surface area contributed by atoms with Gasteiger partial charge in [-0.1, -0.05) is 6.92 Å². The van der Waals surface area contributed by atoms with Gasteiger partial charge in [0.25, 0.3) is 0 Å². The van der Waals surface area contributed by atoms with Crippen LogP contribution in [0.15, 0.2) is 12.3 Å². The molecule has 1 N–H and O–H groups in total. The Bertz CT molecular complexity index is 553. The van der Waals surface area contributed by atoms with Crippen LogP contribution in [0.4, 0.5) is 0 Å². The van der Waals surface area contributed by atoms with E-state index in [1.165, 1.54) is 11.4 Å². The molecule has 0 saturated carbocycles. The van der Waals surface area contributed by atoms with E-state index >= 15 is 0 Å². The van der Waals surface area contributed by atoms with Crippen LogP contribution in [0, 0.1) is 13.8 Å². The van der Waals surface area contributed by atoms with E-state index in [1.54, 1.807) is 0 Å². The highest BCUT2D eigenvalue weighted by molar-refractivity contribution is 5.13. The zero-order valence-electron chi connectivity index (χ0n) is 13.0. The van der Waals surface area contributed by atoms with Crippen LogP contribution in [0.2, 0.25) is 0 Å². The Balaban J connectivity index is 2.17. The van der Waals surface area contributed by atoms with Gasteiger partial charge in [0, 0.05) is 19.3 Å². The molecule has 0 aromatic carbocycles. The highest BCUT2D eigenvalue weighted by atomic mass is 15.3. The summed E-state index contributed by atoms with van der Waals surface area (Å²) in [4.78, 5) is 4.45. The molecule has 0 aliphatic carbocycles. The third kappa shape index (κ3) is 3.28. The van der Waals surface area contributed by atoms with E-state index in [1.807, 2.05) is 13.1 Å². The molecule has 0 saturated heterocycles. The van der Waals surface area contributed by atoms with Crippen LogP contribution in [0.1, 0.15) is 43.2 Å². The number of hydrogen-bond acceptors (Lipinski definition) is 3. The fourth-order valence-corrected chi connectivity index (χ4v) is 2.43. The van der Waals surface area contributed by atoms with Crippen molar-refractivity contribution in [1.82, 2.24) is 24.6 Å². The van der Waals surface area contributed by atoms with Crippen molar-refractivity contribution in [2.45, 2.75) is 53.8 Å². The first kappa shape index (κ1) is 14.8. The highest BCUT2D eigenvalue weighted by Gasteiger charge is 2.10. The minimum atomic E-state index is 0.837. The lowest BCUT2D eigenvalue weighted by atomic mass is 10.3. The SMILES string of the molecule is CCCNCc1cnc(C)n1Cc1cc(C)nn1CC. The van der Waals surface area contributed by atoms with E-state index in [4.69, 9.17) is 0 Å². The molecule has 2 aromatic rings. The van der Waals surface area contributed by atoms with Crippen molar-refractivity contribution in [3.63, 3.8) is 0 Å². The minimum absolute atomic E-state index is 0.837. The predicted molar refractivity (Wildman–Crippen MR) is 80.7 cm³/mol. The summed E-state index contributed by atoms with van der Waals surface area (Å²) >= 11 is 0. The molecular weight excluding hydrogens is 250 g/mol. The smallest absolute Gasteiger partial charge is 0.106 e. The number of aryl methyl sites for hydroxylation is 3. The van der Waals surface area contributed by atoms with E-state index < -0.39 is 0 Å². The molecule has 2 aromatic heterocycles. The first-order valence-corrected chi connectivity index (χ1v) is 7.40.